The zero-order valence-electron chi connectivity index (χ0n) is 18.6. The van der Waals surface area contributed by atoms with Gasteiger partial charge in [0.15, 0.2) is 6.04 Å². The van der Waals surface area contributed by atoms with Crippen molar-refractivity contribution in [3.05, 3.63) is 23.9 Å². The molecule has 3 amide bonds. The molecular formula is C21H22F6N4O5. The Labute approximate surface area is 200 Å². The van der Waals surface area contributed by atoms with Gasteiger partial charge in [0.25, 0.3) is 0 Å². The minimum Gasteiger partial charge on any atom is -0.385 e. The summed E-state index contributed by atoms with van der Waals surface area (Å²) in [5.74, 6) is -8.39. The van der Waals surface area contributed by atoms with Crippen molar-refractivity contribution in [1.29, 1.82) is 0 Å². The van der Waals surface area contributed by atoms with Gasteiger partial charge in [0.1, 0.15) is 11.9 Å². The molecule has 2 heterocycles. The van der Waals surface area contributed by atoms with Crippen LogP contribution >= 0.6 is 0 Å². The Morgan fingerprint density at radius 1 is 1.14 bits per heavy atom. The smallest absolute Gasteiger partial charge is 0.385 e. The molecule has 0 spiro atoms. The van der Waals surface area contributed by atoms with Crippen LogP contribution in [0.3, 0.4) is 0 Å². The van der Waals surface area contributed by atoms with Gasteiger partial charge in [0.05, 0.1) is 5.92 Å². The number of nitrogens with one attached hydrogen (secondary N) is 1. The van der Waals surface area contributed by atoms with E-state index in [9.17, 15) is 45.5 Å². The second kappa shape index (κ2) is 10.3. The van der Waals surface area contributed by atoms with Gasteiger partial charge in [-0.05, 0) is 42.9 Å². The largest absolute Gasteiger partial charge is 0.491 e. The molecule has 198 valence electrons. The number of nitrogens with two attached hydrogens (primary N) is 1. The number of carbonyl (C=O) groups excluding carboxylic acids is 4. The van der Waals surface area contributed by atoms with Crippen LogP contribution in [-0.2, 0) is 25.5 Å². The van der Waals surface area contributed by atoms with Crippen LogP contribution in [0.2, 0.25) is 0 Å². The number of hydrogen-bond acceptors (Lipinski definition) is 7. The third kappa shape index (κ3) is 6.05. The molecule has 36 heavy (non-hydrogen) atoms. The van der Waals surface area contributed by atoms with E-state index in [4.69, 9.17) is 5.73 Å². The Morgan fingerprint density at radius 3 is 2.33 bits per heavy atom. The van der Waals surface area contributed by atoms with Crippen molar-refractivity contribution in [2.24, 2.45) is 11.8 Å². The van der Waals surface area contributed by atoms with Crippen LogP contribution in [0.25, 0.3) is 0 Å². The Morgan fingerprint density at radius 2 is 1.78 bits per heavy atom. The van der Waals surface area contributed by atoms with Crippen molar-refractivity contribution in [3.63, 3.8) is 0 Å². The van der Waals surface area contributed by atoms with E-state index in [1.807, 2.05) is 0 Å². The highest BCUT2D eigenvalue weighted by atomic mass is 19.4. The highest BCUT2D eigenvalue weighted by molar-refractivity contribution is 6.09. The minimum absolute atomic E-state index is 0.0146. The van der Waals surface area contributed by atoms with Crippen molar-refractivity contribution in [2.75, 3.05) is 5.73 Å². The maximum absolute atomic E-state index is 13.7. The third-order valence-corrected chi connectivity index (χ3v) is 6.15. The maximum Gasteiger partial charge on any atom is 0.491 e. The van der Waals surface area contributed by atoms with Gasteiger partial charge in [-0.15, -0.1) is 0 Å². The summed E-state index contributed by atoms with van der Waals surface area (Å²) in [7, 11) is 0. The number of amides is 3. The molecule has 1 aromatic heterocycles. The lowest BCUT2D eigenvalue weighted by molar-refractivity contribution is -0.205. The van der Waals surface area contributed by atoms with E-state index in [0.717, 1.165) is 6.42 Å². The normalized spacial score (nSPS) is 21.9. The third-order valence-electron chi connectivity index (χ3n) is 6.15. The van der Waals surface area contributed by atoms with Crippen LogP contribution in [0, 0.1) is 11.8 Å². The van der Waals surface area contributed by atoms with Crippen LogP contribution in [-0.4, -0.2) is 58.2 Å². The molecule has 0 aromatic carbocycles. The predicted octanol–water partition coefficient (Wildman–Crippen LogP) is 2.89. The summed E-state index contributed by atoms with van der Waals surface area (Å²) in [6.07, 6.45) is -7.48. The van der Waals surface area contributed by atoms with Crippen molar-refractivity contribution in [2.45, 2.75) is 63.0 Å². The summed E-state index contributed by atoms with van der Waals surface area (Å²) < 4.78 is 82.7. The predicted molar refractivity (Wildman–Crippen MR) is 109 cm³/mol. The number of β-lactam (4-membered cyclic amide) rings is 1. The number of carbonyl (C=O) groups is 4. The van der Waals surface area contributed by atoms with Crippen LogP contribution in [0.1, 0.15) is 37.7 Å². The molecular weight excluding hydrogens is 502 g/mol. The maximum atomic E-state index is 13.7. The average molecular weight is 524 g/mol. The van der Waals surface area contributed by atoms with Crippen molar-refractivity contribution < 1.29 is 50.3 Å². The van der Waals surface area contributed by atoms with Gasteiger partial charge in [-0.25, -0.2) is 24.3 Å². The standard InChI is InChI=1S/C21H22F6N4O5/c22-20(23,24)15(11-4-2-1-3-5-11)30-19(35)31-14(17(33)36-18(34)21(25,26)27)12(16(31)32)8-10-6-7-29-13(28)9-10/h6-7,9,11-12,14-15H,1-5,8H2,(H2,28,29)(H,30,35)/t12-,14+,15+/m1/s1. The van der Waals surface area contributed by atoms with E-state index >= 15 is 0 Å². The topological polar surface area (TPSA) is 132 Å². The Hall–Kier alpha value is -3.39. The lowest BCUT2D eigenvalue weighted by atomic mass is 9.82. The molecule has 1 saturated carbocycles. The quantitative estimate of drug-likeness (QED) is 0.262. The Balaban J connectivity index is 1.84. The summed E-state index contributed by atoms with van der Waals surface area (Å²) in [6.45, 7) is 0. The SMILES string of the molecule is Nc1cc(C[C@H]2C(=O)N(C(=O)N[C@@H](C3CCCCC3)C(F)(F)F)[C@@H]2C(=O)OC(=O)C(F)(F)F)ccn1. The first-order valence-corrected chi connectivity index (χ1v) is 10.9. The van der Waals surface area contributed by atoms with Gasteiger partial charge in [-0.1, -0.05) is 19.3 Å². The van der Waals surface area contributed by atoms with Crippen LogP contribution in [0.15, 0.2) is 18.3 Å². The molecule has 2 fully saturated rings. The lowest BCUT2D eigenvalue weighted by Gasteiger charge is -2.44. The first kappa shape index (κ1) is 27.2. The molecule has 1 saturated heterocycles. The fourth-order valence-corrected chi connectivity index (χ4v) is 4.47. The van der Waals surface area contributed by atoms with Crippen molar-refractivity contribution in [3.8, 4) is 0 Å². The molecule has 9 nitrogen and oxygen atoms in total. The number of nitrogen functional groups attached to an aromatic ring is 1. The molecule has 3 rings (SSSR count). The molecule has 0 radical (unpaired) electrons. The van der Waals surface area contributed by atoms with Crippen molar-refractivity contribution in [1.82, 2.24) is 15.2 Å². The fourth-order valence-electron chi connectivity index (χ4n) is 4.47. The molecule has 1 aliphatic carbocycles. The van der Waals surface area contributed by atoms with Crippen LogP contribution < -0.4 is 11.1 Å². The van der Waals surface area contributed by atoms with Crippen LogP contribution in [0.5, 0.6) is 0 Å². The zero-order valence-corrected chi connectivity index (χ0v) is 18.6. The number of nitrogens with zero attached hydrogens (tertiary/aromatic N) is 2. The second-order valence-corrected chi connectivity index (χ2v) is 8.63. The first-order valence-electron chi connectivity index (χ1n) is 10.9. The molecule has 3 N–H and O–H groups in total. The highest BCUT2D eigenvalue weighted by Gasteiger charge is 2.58. The molecule has 0 bridgehead atoms. The second-order valence-electron chi connectivity index (χ2n) is 8.63. The number of hydrogen-bond donors (Lipinski definition) is 2. The van der Waals surface area contributed by atoms with Gasteiger partial charge >= 0.3 is 30.3 Å². The lowest BCUT2D eigenvalue weighted by Crippen LogP contribution is -2.70. The van der Waals surface area contributed by atoms with Gasteiger partial charge < -0.3 is 15.8 Å². The van der Waals surface area contributed by atoms with Crippen LogP contribution in [0.4, 0.5) is 37.0 Å². The average Bonchev–Trinajstić information content (AvgIpc) is 2.78. The molecule has 15 heteroatoms. The van der Waals surface area contributed by atoms with Gasteiger partial charge in [0, 0.05) is 6.20 Å². The van der Waals surface area contributed by atoms with E-state index in [1.165, 1.54) is 18.3 Å². The molecule has 1 aromatic rings. The summed E-state index contributed by atoms with van der Waals surface area (Å²) in [4.78, 5) is 52.8. The summed E-state index contributed by atoms with van der Waals surface area (Å²) in [5.41, 5.74) is 5.84. The van der Waals surface area contributed by atoms with Gasteiger partial charge in [-0.3, -0.25) is 4.79 Å². The molecule has 2 aliphatic rings. The van der Waals surface area contributed by atoms with E-state index in [-0.39, 0.29) is 30.0 Å². The van der Waals surface area contributed by atoms with E-state index in [1.54, 1.807) is 5.32 Å². The number of likely N-dealkylation sites (tertiary alicyclic amines) is 1. The number of esters is 2. The minimum atomic E-state index is -5.56. The number of pyridine rings is 1. The number of halogens is 6. The number of ether oxygens (including phenoxy) is 1. The molecule has 3 atom stereocenters. The van der Waals surface area contributed by atoms with E-state index < -0.39 is 60.1 Å². The number of aromatic nitrogens is 1. The van der Waals surface area contributed by atoms with Crippen molar-refractivity contribution >= 4 is 29.7 Å². The molecule has 1 aliphatic heterocycles. The monoisotopic (exact) mass is 524 g/mol. The van der Waals surface area contributed by atoms with Gasteiger partial charge in [-0.2, -0.15) is 26.3 Å². The zero-order chi connectivity index (χ0) is 26.8. The Bertz CT molecular complexity index is 1020. The number of urea groups is 1. The summed E-state index contributed by atoms with van der Waals surface area (Å²) >= 11 is 0. The fraction of sp³-hybridized carbons (Fsp3) is 0.571. The van der Waals surface area contributed by atoms with E-state index in [2.05, 4.69) is 9.72 Å². The van der Waals surface area contributed by atoms with Gasteiger partial charge in [0.2, 0.25) is 5.91 Å². The highest BCUT2D eigenvalue weighted by Crippen LogP contribution is 2.36. The Kier molecular flexibility index (Phi) is 7.79. The number of imide groups is 1. The number of alkyl halides is 6. The first-order chi connectivity index (χ1) is 16.7. The van der Waals surface area contributed by atoms with E-state index in [0.29, 0.717) is 18.4 Å². The molecule has 0 unspecified atom stereocenters. The summed E-state index contributed by atoms with van der Waals surface area (Å²) in [5, 5.41) is 1.72. The number of rotatable bonds is 5. The number of anilines is 1. The summed E-state index contributed by atoms with van der Waals surface area (Å²) in [6, 6.07) is -3.37.